The SMILES string of the molecule is CC(C)C(=N)CC(=O)O. The third-order valence-electron chi connectivity index (χ3n) is 1.04. The molecule has 52 valence electrons. The quantitative estimate of drug-likeness (QED) is 0.561. The second kappa shape index (κ2) is 3.22. The molecule has 0 aliphatic heterocycles. The molecule has 0 fully saturated rings. The zero-order valence-corrected chi connectivity index (χ0v) is 5.64. The van der Waals surface area contributed by atoms with E-state index in [1.807, 2.05) is 13.8 Å². The third-order valence-corrected chi connectivity index (χ3v) is 1.04. The van der Waals surface area contributed by atoms with Gasteiger partial charge in [-0.05, 0) is 5.92 Å². The molecule has 3 heteroatoms. The summed E-state index contributed by atoms with van der Waals surface area (Å²) in [5, 5.41) is 15.3. The summed E-state index contributed by atoms with van der Waals surface area (Å²) in [6.07, 6.45) is -0.127. The van der Waals surface area contributed by atoms with Gasteiger partial charge in [-0.3, -0.25) is 4.79 Å². The highest BCUT2D eigenvalue weighted by Crippen LogP contribution is 1.97. The summed E-state index contributed by atoms with van der Waals surface area (Å²) in [5.74, 6) is -0.866. The fourth-order valence-corrected chi connectivity index (χ4v) is 0.367. The fourth-order valence-electron chi connectivity index (χ4n) is 0.367. The predicted molar refractivity (Wildman–Crippen MR) is 34.8 cm³/mol. The molecule has 0 rings (SSSR count). The van der Waals surface area contributed by atoms with Crippen molar-refractivity contribution in [3.8, 4) is 0 Å². The lowest BCUT2D eigenvalue weighted by atomic mass is 10.1. The van der Waals surface area contributed by atoms with Crippen LogP contribution in [0.4, 0.5) is 0 Å². The molecule has 0 bridgehead atoms. The number of nitrogens with one attached hydrogen (secondary N) is 1. The summed E-state index contributed by atoms with van der Waals surface area (Å²) in [6.45, 7) is 3.62. The third kappa shape index (κ3) is 3.70. The summed E-state index contributed by atoms with van der Waals surface area (Å²) in [7, 11) is 0. The maximum Gasteiger partial charge on any atom is 0.309 e. The van der Waals surface area contributed by atoms with Gasteiger partial charge in [0.1, 0.15) is 0 Å². The molecule has 0 radical (unpaired) electrons. The van der Waals surface area contributed by atoms with E-state index >= 15 is 0 Å². The standard InChI is InChI=1S/C6H11NO2/c1-4(2)5(7)3-6(8)9/h4,7H,3H2,1-2H3,(H,8,9). The van der Waals surface area contributed by atoms with E-state index in [0.717, 1.165) is 0 Å². The first kappa shape index (κ1) is 8.14. The number of carboxylic acid groups (broad SMARTS) is 1. The van der Waals surface area contributed by atoms with E-state index in [2.05, 4.69) is 0 Å². The van der Waals surface area contributed by atoms with Crippen LogP contribution in [0.5, 0.6) is 0 Å². The van der Waals surface area contributed by atoms with E-state index in [4.69, 9.17) is 10.5 Å². The molecular weight excluding hydrogens is 118 g/mol. The molecule has 9 heavy (non-hydrogen) atoms. The average molecular weight is 129 g/mol. The van der Waals surface area contributed by atoms with Crippen LogP contribution < -0.4 is 0 Å². The van der Waals surface area contributed by atoms with Crippen molar-refractivity contribution in [2.75, 3.05) is 0 Å². The highest BCUT2D eigenvalue weighted by Gasteiger charge is 2.06. The number of rotatable bonds is 3. The largest absolute Gasteiger partial charge is 0.481 e. The maximum atomic E-state index is 9.97. The number of hydrogen-bond acceptors (Lipinski definition) is 2. The Hall–Kier alpha value is -0.860. The van der Waals surface area contributed by atoms with Gasteiger partial charge in [0.2, 0.25) is 0 Å². The average Bonchev–Trinajstić information content (AvgIpc) is 1.63. The molecule has 0 atom stereocenters. The maximum absolute atomic E-state index is 9.97. The molecule has 0 saturated heterocycles. The number of aliphatic carboxylic acids is 1. The van der Waals surface area contributed by atoms with E-state index in [1.54, 1.807) is 0 Å². The van der Waals surface area contributed by atoms with Crippen LogP contribution in [0, 0.1) is 11.3 Å². The van der Waals surface area contributed by atoms with E-state index in [1.165, 1.54) is 0 Å². The van der Waals surface area contributed by atoms with Gasteiger partial charge in [-0.1, -0.05) is 13.8 Å². The van der Waals surface area contributed by atoms with Crippen molar-refractivity contribution in [2.24, 2.45) is 5.92 Å². The van der Waals surface area contributed by atoms with Crippen molar-refractivity contribution in [3.05, 3.63) is 0 Å². The van der Waals surface area contributed by atoms with Gasteiger partial charge in [0.15, 0.2) is 0 Å². The van der Waals surface area contributed by atoms with Gasteiger partial charge < -0.3 is 10.5 Å². The zero-order chi connectivity index (χ0) is 7.44. The van der Waals surface area contributed by atoms with Gasteiger partial charge in [0.25, 0.3) is 0 Å². The Morgan fingerprint density at radius 2 is 2.11 bits per heavy atom. The fraction of sp³-hybridized carbons (Fsp3) is 0.667. The van der Waals surface area contributed by atoms with Crippen LogP contribution in [0.15, 0.2) is 0 Å². The molecule has 0 aromatic heterocycles. The van der Waals surface area contributed by atoms with Crippen molar-refractivity contribution < 1.29 is 9.90 Å². The second-order valence-electron chi connectivity index (χ2n) is 2.25. The molecule has 2 N–H and O–H groups in total. The predicted octanol–water partition coefficient (Wildman–Crippen LogP) is 1.14. The van der Waals surface area contributed by atoms with Gasteiger partial charge in [-0.25, -0.2) is 0 Å². The minimum absolute atomic E-state index is 0.0566. The Morgan fingerprint density at radius 3 is 2.22 bits per heavy atom. The van der Waals surface area contributed by atoms with Crippen molar-refractivity contribution >= 4 is 11.7 Å². The van der Waals surface area contributed by atoms with Gasteiger partial charge in [0, 0.05) is 5.71 Å². The van der Waals surface area contributed by atoms with Crippen LogP contribution in [-0.4, -0.2) is 16.8 Å². The van der Waals surface area contributed by atoms with E-state index in [0.29, 0.717) is 0 Å². The van der Waals surface area contributed by atoms with Gasteiger partial charge in [0.05, 0.1) is 6.42 Å². The molecule has 0 amide bonds. The van der Waals surface area contributed by atoms with Crippen molar-refractivity contribution in [1.29, 1.82) is 5.41 Å². The zero-order valence-electron chi connectivity index (χ0n) is 5.64. The highest BCUT2D eigenvalue weighted by atomic mass is 16.4. The van der Waals surface area contributed by atoms with Crippen molar-refractivity contribution in [3.63, 3.8) is 0 Å². The minimum atomic E-state index is -0.922. The van der Waals surface area contributed by atoms with Crippen LogP contribution in [0.2, 0.25) is 0 Å². The van der Waals surface area contributed by atoms with Gasteiger partial charge in [-0.15, -0.1) is 0 Å². The topological polar surface area (TPSA) is 61.2 Å². The minimum Gasteiger partial charge on any atom is -0.481 e. The molecule has 0 aliphatic carbocycles. The van der Waals surface area contributed by atoms with Crippen LogP contribution >= 0.6 is 0 Å². The molecule has 0 unspecified atom stereocenters. The Labute approximate surface area is 54.2 Å². The molecule has 0 spiro atoms. The lowest BCUT2D eigenvalue weighted by molar-refractivity contribution is -0.135. The summed E-state index contributed by atoms with van der Waals surface area (Å²) >= 11 is 0. The van der Waals surface area contributed by atoms with E-state index in [9.17, 15) is 4.79 Å². The molecular formula is C6H11NO2. The monoisotopic (exact) mass is 129 g/mol. The Balaban J connectivity index is 3.64. The van der Waals surface area contributed by atoms with Crippen LogP contribution in [0.3, 0.4) is 0 Å². The van der Waals surface area contributed by atoms with E-state index in [-0.39, 0.29) is 18.1 Å². The molecule has 0 aromatic carbocycles. The summed E-state index contributed by atoms with van der Waals surface area (Å²) in [5.41, 5.74) is 0.280. The summed E-state index contributed by atoms with van der Waals surface area (Å²) in [4.78, 5) is 9.97. The van der Waals surface area contributed by atoms with Crippen molar-refractivity contribution in [1.82, 2.24) is 0 Å². The van der Waals surface area contributed by atoms with Crippen LogP contribution in [-0.2, 0) is 4.79 Å². The first-order valence-corrected chi connectivity index (χ1v) is 2.83. The Kier molecular flexibility index (Phi) is 2.91. The smallest absolute Gasteiger partial charge is 0.309 e. The first-order valence-electron chi connectivity index (χ1n) is 2.83. The number of carboxylic acids is 1. The second-order valence-corrected chi connectivity index (χ2v) is 2.25. The van der Waals surface area contributed by atoms with Gasteiger partial charge >= 0.3 is 5.97 Å². The number of hydrogen-bond donors (Lipinski definition) is 2. The van der Waals surface area contributed by atoms with E-state index < -0.39 is 5.97 Å². The first-order chi connectivity index (χ1) is 4.04. The van der Waals surface area contributed by atoms with Crippen LogP contribution in [0.1, 0.15) is 20.3 Å². The lowest BCUT2D eigenvalue weighted by Crippen LogP contribution is -2.11. The summed E-state index contributed by atoms with van der Waals surface area (Å²) in [6, 6.07) is 0. The van der Waals surface area contributed by atoms with Gasteiger partial charge in [-0.2, -0.15) is 0 Å². The summed E-state index contributed by atoms with van der Waals surface area (Å²) < 4.78 is 0. The normalized spacial score (nSPS) is 9.67. The molecule has 0 aliphatic rings. The molecule has 3 nitrogen and oxygen atoms in total. The Morgan fingerprint density at radius 1 is 1.67 bits per heavy atom. The van der Waals surface area contributed by atoms with Crippen molar-refractivity contribution in [2.45, 2.75) is 20.3 Å². The molecule has 0 aromatic rings. The highest BCUT2D eigenvalue weighted by molar-refractivity contribution is 5.97. The number of carbonyl (C=O) groups is 1. The lowest BCUT2D eigenvalue weighted by Gasteiger charge is -2.01. The Bertz CT molecular complexity index is 129. The molecule has 0 saturated carbocycles. The molecule has 0 heterocycles. The van der Waals surface area contributed by atoms with Crippen LogP contribution in [0.25, 0.3) is 0 Å².